The molecule has 2 heterocycles. The highest BCUT2D eigenvalue weighted by Crippen LogP contribution is 2.26. The van der Waals surface area contributed by atoms with E-state index < -0.39 is 0 Å². The molecule has 0 bridgehead atoms. The summed E-state index contributed by atoms with van der Waals surface area (Å²) < 4.78 is 10.8. The van der Waals surface area contributed by atoms with Crippen LogP contribution in [0.5, 0.6) is 0 Å². The molecule has 3 aromatic rings. The number of hydrogen-bond acceptors (Lipinski definition) is 5. The number of ether oxygens (including phenoxy) is 1. The van der Waals surface area contributed by atoms with Crippen LogP contribution < -0.4 is 5.32 Å². The minimum atomic E-state index is -0.0828. The van der Waals surface area contributed by atoms with Crippen molar-refractivity contribution in [3.63, 3.8) is 0 Å². The number of rotatable bonds is 8. The van der Waals surface area contributed by atoms with Gasteiger partial charge in [0.1, 0.15) is 5.52 Å². The molecule has 0 radical (unpaired) electrons. The molecule has 1 aliphatic rings. The van der Waals surface area contributed by atoms with E-state index in [2.05, 4.69) is 45.5 Å². The van der Waals surface area contributed by atoms with Crippen LogP contribution in [-0.2, 0) is 11.2 Å². The standard InChI is InChI=1S/C23H27N3O3/c1-28-14-10-22-25-20-8-7-18(15-21(20)29-22)23(27)24-11-13-26-12-9-19(16-26)17-5-3-2-4-6-17/h2-8,15,19H,9-14,16H2,1H3,(H,24,27). The molecule has 2 aromatic carbocycles. The maximum Gasteiger partial charge on any atom is 0.251 e. The Morgan fingerprint density at radius 2 is 2.14 bits per heavy atom. The summed E-state index contributed by atoms with van der Waals surface area (Å²) in [7, 11) is 1.65. The fourth-order valence-electron chi connectivity index (χ4n) is 3.87. The lowest BCUT2D eigenvalue weighted by Crippen LogP contribution is -2.33. The van der Waals surface area contributed by atoms with Crippen molar-refractivity contribution in [2.45, 2.75) is 18.8 Å². The number of aromatic nitrogens is 1. The minimum absolute atomic E-state index is 0.0828. The van der Waals surface area contributed by atoms with Crippen LogP contribution in [-0.4, -0.2) is 55.7 Å². The molecule has 6 heteroatoms. The zero-order valence-electron chi connectivity index (χ0n) is 16.8. The molecule has 0 saturated carbocycles. The summed E-state index contributed by atoms with van der Waals surface area (Å²) in [5.41, 5.74) is 3.39. The predicted octanol–water partition coefficient (Wildman–Crippen LogP) is 3.24. The van der Waals surface area contributed by atoms with Gasteiger partial charge in [0.05, 0.1) is 6.61 Å². The predicted molar refractivity (Wildman–Crippen MR) is 112 cm³/mol. The van der Waals surface area contributed by atoms with Gasteiger partial charge >= 0.3 is 0 Å². The van der Waals surface area contributed by atoms with Crippen LogP contribution in [0.25, 0.3) is 11.1 Å². The molecule has 1 saturated heterocycles. The first-order chi connectivity index (χ1) is 14.2. The van der Waals surface area contributed by atoms with Crippen LogP contribution in [0.3, 0.4) is 0 Å². The van der Waals surface area contributed by atoms with Crippen molar-refractivity contribution in [2.24, 2.45) is 0 Å². The van der Waals surface area contributed by atoms with Crippen LogP contribution in [0.15, 0.2) is 52.9 Å². The zero-order chi connectivity index (χ0) is 20.1. The third-order valence-electron chi connectivity index (χ3n) is 5.47. The second kappa shape index (κ2) is 9.20. The number of oxazole rings is 1. The third kappa shape index (κ3) is 4.83. The van der Waals surface area contributed by atoms with E-state index in [1.54, 1.807) is 19.2 Å². The molecule has 1 aliphatic heterocycles. The summed E-state index contributed by atoms with van der Waals surface area (Å²) in [5, 5.41) is 3.02. The minimum Gasteiger partial charge on any atom is -0.441 e. The van der Waals surface area contributed by atoms with Crippen molar-refractivity contribution < 1.29 is 13.9 Å². The summed E-state index contributed by atoms with van der Waals surface area (Å²) in [4.78, 5) is 19.3. The van der Waals surface area contributed by atoms with Crippen molar-refractivity contribution in [3.8, 4) is 0 Å². The molecule has 1 aromatic heterocycles. The number of fused-ring (bicyclic) bond motifs is 1. The van der Waals surface area contributed by atoms with Gasteiger partial charge in [-0.1, -0.05) is 30.3 Å². The first-order valence-corrected chi connectivity index (χ1v) is 10.2. The van der Waals surface area contributed by atoms with Gasteiger partial charge in [0.2, 0.25) is 0 Å². The molecule has 0 spiro atoms. The number of likely N-dealkylation sites (tertiary alicyclic amines) is 1. The van der Waals surface area contributed by atoms with E-state index >= 15 is 0 Å². The lowest BCUT2D eigenvalue weighted by Gasteiger charge is -2.16. The second-order valence-corrected chi connectivity index (χ2v) is 7.49. The summed E-state index contributed by atoms with van der Waals surface area (Å²) in [6, 6.07) is 16.1. The Labute approximate surface area is 170 Å². The van der Waals surface area contributed by atoms with Gasteiger partial charge in [0, 0.05) is 38.7 Å². The topological polar surface area (TPSA) is 67.6 Å². The molecule has 4 rings (SSSR count). The van der Waals surface area contributed by atoms with E-state index in [9.17, 15) is 4.79 Å². The lowest BCUT2D eigenvalue weighted by atomic mass is 9.99. The van der Waals surface area contributed by atoms with E-state index in [1.165, 1.54) is 12.0 Å². The van der Waals surface area contributed by atoms with Crippen molar-refractivity contribution in [1.29, 1.82) is 0 Å². The van der Waals surface area contributed by atoms with Crippen molar-refractivity contribution in [1.82, 2.24) is 15.2 Å². The maximum atomic E-state index is 12.5. The zero-order valence-corrected chi connectivity index (χ0v) is 16.8. The third-order valence-corrected chi connectivity index (χ3v) is 5.47. The number of carbonyl (C=O) groups excluding carboxylic acids is 1. The number of hydrogen-bond donors (Lipinski definition) is 1. The summed E-state index contributed by atoms with van der Waals surface area (Å²) in [6.45, 7) is 4.17. The molecule has 1 N–H and O–H groups in total. The molecule has 0 aliphatic carbocycles. The highest BCUT2D eigenvalue weighted by Gasteiger charge is 2.23. The lowest BCUT2D eigenvalue weighted by molar-refractivity contribution is 0.0949. The molecule has 1 atom stereocenters. The SMILES string of the molecule is COCCc1nc2ccc(C(=O)NCCN3CCC(c4ccccc4)C3)cc2o1. The summed E-state index contributed by atoms with van der Waals surface area (Å²) in [5.74, 6) is 1.13. The van der Waals surface area contributed by atoms with Crippen molar-refractivity contribution in [2.75, 3.05) is 39.9 Å². The van der Waals surface area contributed by atoms with E-state index in [0.717, 1.165) is 25.2 Å². The van der Waals surface area contributed by atoms with Crippen LogP contribution in [0.2, 0.25) is 0 Å². The Morgan fingerprint density at radius 1 is 1.28 bits per heavy atom. The molecule has 6 nitrogen and oxygen atoms in total. The highest BCUT2D eigenvalue weighted by atomic mass is 16.5. The molecule has 1 amide bonds. The van der Waals surface area contributed by atoms with Gasteiger partial charge in [0.25, 0.3) is 5.91 Å². The molecular formula is C23H27N3O3. The summed E-state index contributed by atoms with van der Waals surface area (Å²) in [6.07, 6.45) is 1.79. The smallest absolute Gasteiger partial charge is 0.251 e. The van der Waals surface area contributed by atoms with Crippen molar-refractivity contribution in [3.05, 3.63) is 65.5 Å². The molecular weight excluding hydrogens is 366 g/mol. The second-order valence-electron chi connectivity index (χ2n) is 7.49. The first kappa shape index (κ1) is 19.6. The Bertz CT molecular complexity index is 954. The Hall–Kier alpha value is -2.70. The fourth-order valence-corrected chi connectivity index (χ4v) is 3.87. The first-order valence-electron chi connectivity index (χ1n) is 10.2. The van der Waals surface area contributed by atoms with Gasteiger partial charge in [0.15, 0.2) is 11.5 Å². The Morgan fingerprint density at radius 3 is 2.97 bits per heavy atom. The van der Waals surface area contributed by atoms with E-state index in [1.807, 2.05) is 6.07 Å². The Balaban J connectivity index is 1.27. The number of nitrogens with one attached hydrogen (secondary N) is 1. The number of carbonyl (C=O) groups is 1. The fraction of sp³-hybridized carbons (Fsp3) is 0.391. The largest absolute Gasteiger partial charge is 0.441 e. The monoisotopic (exact) mass is 393 g/mol. The van der Waals surface area contributed by atoms with E-state index in [4.69, 9.17) is 9.15 Å². The highest BCUT2D eigenvalue weighted by molar-refractivity contribution is 5.97. The van der Waals surface area contributed by atoms with Crippen LogP contribution in [0.4, 0.5) is 0 Å². The quantitative estimate of drug-likeness (QED) is 0.636. The Kier molecular flexibility index (Phi) is 6.22. The number of benzene rings is 2. The van der Waals surface area contributed by atoms with Crippen LogP contribution in [0.1, 0.15) is 34.2 Å². The van der Waals surface area contributed by atoms with Gasteiger partial charge in [-0.3, -0.25) is 4.79 Å². The van der Waals surface area contributed by atoms with Crippen LogP contribution >= 0.6 is 0 Å². The van der Waals surface area contributed by atoms with Gasteiger partial charge in [-0.15, -0.1) is 0 Å². The number of methoxy groups -OCH3 is 1. The van der Waals surface area contributed by atoms with E-state index in [-0.39, 0.29) is 5.91 Å². The molecule has 152 valence electrons. The van der Waals surface area contributed by atoms with E-state index in [0.29, 0.717) is 42.5 Å². The number of amides is 1. The van der Waals surface area contributed by atoms with Gasteiger partial charge < -0.3 is 19.4 Å². The van der Waals surface area contributed by atoms with Gasteiger partial charge in [-0.05, 0) is 42.6 Å². The molecule has 1 unspecified atom stereocenters. The molecule has 29 heavy (non-hydrogen) atoms. The maximum absolute atomic E-state index is 12.5. The van der Waals surface area contributed by atoms with Crippen molar-refractivity contribution >= 4 is 17.0 Å². The van der Waals surface area contributed by atoms with Gasteiger partial charge in [-0.2, -0.15) is 0 Å². The average molecular weight is 393 g/mol. The summed E-state index contributed by atoms with van der Waals surface area (Å²) >= 11 is 0. The van der Waals surface area contributed by atoms with Crippen LogP contribution in [0, 0.1) is 0 Å². The van der Waals surface area contributed by atoms with Gasteiger partial charge in [-0.25, -0.2) is 4.98 Å². The average Bonchev–Trinajstić information content (AvgIpc) is 3.39. The molecule has 1 fully saturated rings. The number of nitrogens with zero attached hydrogens (tertiary/aromatic N) is 2. The normalized spacial score (nSPS) is 17.1.